The van der Waals surface area contributed by atoms with Crippen molar-refractivity contribution in [3.8, 4) is 0 Å². The summed E-state index contributed by atoms with van der Waals surface area (Å²) in [4.78, 5) is 2.49. The van der Waals surface area contributed by atoms with E-state index in [0.717, 1.165) is 44.6 Å². The Morgan fingerprint density at radius 1 is 1.45 bits per heavy atom. The highest BCUT2D eigenvalue weighted by Gasteiger charge is 2.19. The Labute approximate surface area is 124 Å². The average Bonchev–Trinajstić information content (AvgIpc) is 2.43. The van der Waals surface area contributed by atoms with E-state index < -0.39 is 0 Å². The van der Waals surface area contributed by atoms with Gasteiger partial charge in [-0.1, -0.05) is 18.3 Å². The van der Waals surface area contributed by atoms with Crippen molar-refractivity contribution in [3.05, 3.63) is 35.1 Å². The van der Waals surface area contributed by atoms with Crippen LogP contribution in [0.2, 0.25) is 0 Å². The van der Waals surface area contributed by atoms with Gasteiger partial charge < -0.3 is 10.5 Å². The van der Waals surface area contributed by atoms with E-state index in [9.17, 15) is 4.39 Å². The van der Waals surface area contributed by atoms with Crippen molar-refractivity contribution in [3.63, 3.8) is 0 Å². The van der Waals surface area contributed by atoms with E-state index in [4.69, 9.17) is 22.7 Å². The maximum atomic E-state index is 13.5. The molecule has 1 aromatic carbocycles. The Morgan fingerprint density at radius 2 is 2.15 bits per heavy atom. The second-order valence-corrected chi connectivity index (χ2v) is 5.79. The standard InChI is InChI=1S/C15H21FN2OS/c1-19-10-11-4-6-18(7-5-11)9-12-2-3-14(16)13(8-12)15(17)20/h2-3,8,11H,4-7,9-10H2,1H3,(H2,17,20). The molecule has 1 aliphatic heterocycles. The zero-order valence-electron chi connectivity index (χ0n) is 11.8. The lowest BCUT2D eigenvalue weighted by atomic mass is 9.97. The molecule has 2 rings (SSSR count). The van der Waals surface area contributed by atoms with Gasteiger partial charge in [0.05, 0.1) is 0 Å². The minimum absolute atomic E-state index is 0.114. The first-order valence-electron chi connectivity index (χ1n) is 6.89. The van der Waals surface area contributed by atoms with Crippen molar-refractivity contribution in [1.82, 2.24) is 4.90 Å². The molecule has 5 heteroatoms. The number of piperidine rings is 1. The van der Waals surface area contributed by atoms with Crippen LogP contribution in [-0.4, -0.2) is 36.7 Å². The summed E-state index contributed by atoms with van der Waals surface area (Å²) < 4.78 is 18.7. The van der Waals surface area contributed by atoms with Gasteiger partial charge in [0.25, 0.3) is 0 Å². The highest BCUT2D eigenvalue weighted by molar-refractivity contribution is 7.80. The van der Waals surface area contributed by atoms with Crippen LogP contribution >= 0.6 is 12.2 Å². The summed E-state index contributed by atoms with van der Waals surface area (Å²) in [6.45, 7) is 3.76. The molecule has 1 aliphatic rings. The normalized spacial score (nSPS) is 17.3. The quantitative estimate of drug-likeness (QED) is 0.846. The fraction of sp³-hybridized carbons (Fsp3) is 0.533. The van der Waals surface area contributed by atoms with Gasteiger partial charge in [-0.15, -0.1) is 0 Å². The monoisotopic (exact) mass is 296 g/mol. The van der Waals surface area contributed by atoms with E-state index >= 15 is 0 Å². The topological polar surface area (TPSA) is 38.5 Å². The van der Waals surface area contributed by atoms with Crippen molar-refractivity contribution >= 4 is 17.2 Å². The van der Waals surface area contributed by atoms with E-state index in [1.807, 2.05) is 0 Å². The van der Waals surface area contributed by atoms with E-state index in [0.29, 0.717) is 11.5 Å². The minimum Gasteiger partial charge on any atom is -0.389 e. The molecule has 1 aromatic rings. The first kappa shape index (κ1) is 15.4. The number of halogens is 1. The molecule has 0 amide bonds. The fourth-order valence-corrected chi connectivity index (χ4v) is 2.82. The van der Waals surface area contributed by atoms with E-state index in [2.05, 4.69) is 4.90 Å². The van der Waals surface area contributed by atoms with Crippen LogP contribution in [0.15, 0.2) is 18.2 Å². The number of methoxy groups -OCH3 is 1. The van der Waals surface area contributed by atoms with Crippen LogP contribution in [0.1, 0.15) is 24.0 Å². The van der Waals surface area contributed by atoms with Gasteiger partial charge >= 0.3 is 0 Å². The van der Waals surface area contributed by atoms with Crippen LogP contribution in [0.5, 0.6) is 0 Å². The molecule has 1 heterocycles. The maximum absolute atomic E-state index is 13.5. The average molecular weight is 296 g/mol. The van der Waals surface area contributed by atoms with E-state index in [1.54, 1.807) is 19.2 Å². The van der Waals surface area contributed by atoms with Gasteiger partial charge in [0, 0.05) is 25.8 Å². The Morgan fingerprint density at radius 3 is 2.75 bits per heavy atom. The molecule has 0 unspecified atom stereocenters. The molecular formula is C15H21FN2OS. The molecule has 1 saturated heterocycles. The highest BCUT2D eigenvalue weighted by atomic mass is 32.1. The smallest absolute Gasteiger partial charge is 0.133 e. The Hall–Kier alpha value is -1.04. The fourth-order valence-electron chi connectivity index (χ4n) is 2.66. The molecule has 0 aromatic heterocycles. The van der Waals surface area contributed by atoms with Crippen molar-refractivity contribution in [1.29, 1.82) is 0 Å². The summed E-state index contributed by atoms with van der Waals surface area (Å²) in [5.74, 6) is 0.316. The molecule has 3 nitrogen and oxygen atoms in total. The van der Waals surface area contributed by atoms with Crippen LogP contribution in [0.3, 0.4) is 0 Å². The molecule has 0 spiro atoms. The second kappa shape index (κ2) is 7.11. The van der Waals surface area contributed by atoms with Crippen LogP contribution < -0.4 is 5.73 Å². The van der Waals surface area contributed by atoms with Crippen molar-refractivity contribution in [2.45, 2.75) is 19.4 Å². The SMILES string of the molecule is COCC1CCN(Cc2ccc(F)c(C(N)=S)c2)CC1. The number of nitrogens with two attached hydrogens (primary N) is 1. The van der Waals surface area contributed by atoms with E-state index in [1.165, 1.54) is 6.07 Å². The minimum atomic E-state index is -0.347. The van der Waals surface area contributed by atoms with Crippen molar-refractivity contribution < 1.29 is 9.13 Å². The number of thiocarbonyl (C=S) groups is 1. The largest absolute Gasteiger partial charge is 0.389 e. The third kappa shape index (κ3) is 3.98. The molecule has 0 saturated carbocycles. The predicted molar refractivity (Wildman–Crippen MR) is 82.2 cm³/mol. The summed E-state index contributed by atoms with van der Waals surface area (Å²) in [5.41, 5.74) is 6.93. The third-order valence-electron chi connectivity index (χ3n) is 3.81. The molecular weight excluding hydrogens is 275 g/mol. The predicted octanol–water partition coefficient (Wildman–Crippen LogP) is 2.32. The van der Waals surface area contributed by atoms with Gasteiger partial charge in [0.1, 0.15) is 10.8 Å². The van der Waals surface area contributed by atoms with Crippen LogP contribution in [0.25, 0.3) is 0 Å². The van der Waals surface area contributed by atoms with Gasteiger partial charge in [0.15, 0.2) is 0 Å². The van der Waals surface area contributed by atoms with Gasteiger partial charge in [-0.3, -0.25) is 4.90 Å². The van der Waals surface area contributed by atoms with Crippen LogP contribution in [0.4, 0.5) is 4.39 Å². The molecule has 0 atom stereocenters. The molecule has 0 aliphatic carbocycles. The molecule has 1 fully saturated rings. The number of hydrogen-bond acceptors (Lipinski definition) is 3. The molecule has 0 radical (unpaired) electrons. The number of ether oxygens (including phenoxy) is 1. The van der Waals surface area contributed by atoms with Crippen LogP contribution in [0, 0.1) is 11.7 Å². The lowest BCUT2D eigenvalue weighted by Crippen LogP contribution is -2.34. The van der Waals surface area contributed by atoms with Crippen molar-refractivity contribution in [2.24, 2.45) is 11.7 Å². The zero-order chi connectivity index (χ0) is 14.5. The summed E-state index contributed by atoms with van der Waals surface area (Å²) in [7, 11) is 1.75. The van der Waals surface area contributed by atoms with Gasteiger partial charge in [-0.2, -0.15) is 0 Å². The Kier molecular flexibility index (Phi) is 5.46. The first-order valence-corrected chi connectivity index (χ1v) is 7.30. The van der Waals surface area contributed by atoms with Crippen molar-refractivity contribution in [2.75, 3.05) is 26.8 Å². The molecule has 110 valence electrons. The summed E-state index contributed by atoms with van der Waals surface area (Å²) in [5, 5.41) is 0. The maximum Gasteiger partial charge on any atom is 0.133 e. The molecule has 20 heavy (non-hydrogen) atoms. The van der Waals surface area contributed by atoms with Gasteiger partial charge in [-0.25, -0.2) is 4.39 Å². The van der Waals surface area contributed by atoms with Gasteiger partial charge in [-0.05, 0) is 49.5 Å². The first-order chi connectivity index (χ1) is 9.60. The van der Waals surface area contributed by atoms with Gasteiger partial charge in [0.2, 0.25) is 0 Å². The zero-order valence-corrected chi connectivity index (χ0v) is 12.6. The Bertz CT molecular complexity index is 473. The number of likely N-dealkylation sites (tertiary alicyclic amines) is 1. The number of benzene rings is 1. The number of nitrogens with zero attached hydrogens (tertiary/aromatic N) is 1. The van der Waals surface area contributed by atoms with E-state index in [-0.39, 0.29) is 10.8 Å². The molecule has 2 N–H and O–H groups in total. The number of hydrogen-bond donors (Lipinski definition) is 1. The lowest BCUT2D eigenvalue weighted by Gasteiger charge is -2.31. The lowest BCUT2D eigenvalue weighted by molar-refractivity contribution is 0.0968. The number of rotatable bonds is 5. The van der Waals surface area contributed by atoms with Crippen LogP contribution in [-0.2, 0) is 11.3 Å². The second-order valence-electron chi connectivity index (χ2n) is 5.35. The third-order valence-corrected chi connectivity index (χ3v) is 4.03. The summed E-state index contributed by atoms with van der Waals surface area (Å²) >= 11 is 4.87. The summed E-state index contributed by atoms with van der Waals surface area (Å²) in [6, 6.07) is 5.01. The summed E-state index contributed by atoms with van der Waals surface area (Å²) in [6.07, 6.45) is 2.30. The molecule has 0 bridgehead atoms. The highest BCUT2D eigenvalue weighted by Crippen LogP contribution is 2.20. The Balaban J connectivity index is 1.94.